The molecule has 0 radical (unpaired) electrons. The van der Waals surface area contributed by atoms with Crippen LogP contribution in [0.15, 0.2) is 42.5 Å². The molecule has 42 heavy (non-hydrogen) atoms. The maximum absolute atomic E-state index is 14.9. The Bertz CT molecular complexity index is 1280. The van der Waals surface area contributed by atoms with Crippen molar-refractivity contribution >= 4 is 11.9 Å². The number of hydrogen-bond donors (Lipinski definition) is 1. The summed E-state index contributed by atoms with van der Waals surface area (Å²) < 4.78 is 69.8. The molecule has 2 aliphatic rings. The Balaban J connectivity index is 1.47. The van der Waals surface area contributed by atoms with Gasteiger partial charge in [-0.25, -0.2) is 8.78 Å². The molecule has 1 N–H and O–H groups in total. The van der Waals surface area contributed by atoms with Crippen LogP contribution in [0.5, 0.6) is 5.75 Å². The van der Waals surface area contributed by atoms with Gasteiger partial charge in [-0.15, -0.1) is 13.2 Å². The van der Waals surface area contributed by atoms with E-state index in [4.69, 9.17) is 0 Å². The van der Waals surface area contributed by atoms with Gasteiger partial charge in [0.05, 0.1) is 5.92 Å². The standard InChI is InChI=1S/C30H36F5N3O4/c1-18-15-36(26(28(40)41)13-19-5-8-21(9-6-19)42-30(33,34)35)11-12-38(18)27(39)24-17-37(29(2,3)4)16-23(24)22-10-7-20(31)14-25(22)32/h5-10,14,18,23-24,26H,11-13,15-17H2,1-4H3,(H,40,41)/t18-,23-,24+,26-/m0/s1. The van der Waals surface area contributed by atoms with Crippen LogP contribution < -0.4 is 4.74 Å². The van der Waals surface area contributed by atoms with Crippen molar-refractivity contribution in [3.63, 3.8) is 0 Å². The number of carboxylic acids is 1. The summed E-state index contributed by atoms with van der Waals surface area (Å²) in [4.78, 5) is 31.8. The normalized spacial score (nSPS) is 23.2. The summed E-state index contributed by atoms with van der Waals surface area (Å²) in [5.74, 6) is -4.04. The molecule has 230 valence electrons. The highest BCUT2D eigenvalue weighted by Crippen LogP contribution is 2.39. The van der Waals surface area contributed by atoms with Crippen LogP contribution in [0, 0.1) is 17.6 Å². The minimum Gasteiger partial charge on any atom is -0.480 e. The van der Waals surface area contributed by atoms with Gasteiger partial charge >= 0.3 is 12.3 Å². The molecule has 2 heterocycles. The summed E-state index contributed by atoms with van der Waals surface area (Å²) in [7, 11) is 0. The Kier molecular flexibility index (Phi) is 9.17. The first-order chi connectivity index (χ1) is 19.5. The molecule has 2 aliphatic heterocycles. The number of piperazine rings is 1. The zero-order valence-electron chi connectivity index (χ0n) is 24.0. The zero-order valence-corrected chi connectivity index (χ0v) is 24.0. The molecular weight excluding hydrogens is 561 g/mol. The molecule has 7 nitrogen and oxygen atoms in total. The van der Waals surface area contributed by atoms with Crippen LogP contribution in [0.2, 0.25) is 0 Å². The van der Waals surface area contributed by atoms with Crippen LogP contribution in [0.4, 0.5) is 22.0 Å². The molecule has 0 bridgehead atoms. The molecule has 2 fully saturated rings. The van der Waals surface area contributed by atoms with Gasteiger partial charge in [0.1, 0.15) is 23.4 Å². The number of aliphatic carboxylic acids is 1. The van der Waals surface area contributed by atoms with E-state index in [0.29, 0.717) is 24.2 Å². The van der Waals surface area contributed by atoms with Crippen molar-refractivity contribution in [2.45, 2.75) is 64.0 Å². The second kappa shape index (κ2) is 12.2. The number of benzene rings is 2. The number of ether oxygens (including phenoxy) is 1. The molecule has 0 spiro atoms. The number of carboxylic acid groups (broad SMARTS) is 1. The van der Waals surface area contributed by atoms with Gasteiger partial charge in [0.15, 0.2) is 0 Å². The van der Waals surface area contributed by atoms with Crippen LogP contribution in [-0.4, -0.2) is 88.4 Å². The van der Waals surface area contributed by atoms with Gasteiger partial charge in [0.25, 0.3) is 0 Å². The highest BCUT2D eigenvalue weighted by Gasteiger charge is 2.46. The molecule has 0 aromatic heterocycles. The number of hydrogen-bond acceptors (Lipinski definition) is 5. The van der Waals surface area contributed by atoms with E-state index in [1.54, 1.807) is 9.80 Å². The van der Waals surface area contributed by atoms with Crippen LogP contribution in [0.25, 0.3) is 0 Å². The van der Waals surface area contributed by atoms with Crippen molar-refractivity contribution in [3.05, 3.63) is 65.2 Å². The third-order valence-electron chi connectivity index (χ3n) is 8.20. The molecule has 1 amide bonds. The first-order valence-corrected chi connectivity index (χ1v) is 13.9. The number of amides is 1. The smallest absolute Gasteiger partial charge is 0.480 e. The molecule has 2 aromatic carbocycles. The van der Waals surface area contributed by atoms with Gasteiger partial charge in [-0.05, 0) is 63.4 Å². The van der Waals surface area contributed by atoms with E-state index in [1.807, 2.05) is 27.7 Å². The molecule has 0 aliphatic carbocycles. The summed E-state index contributed by atoms with van der Waals surface area (Å²) in [5.41, 5.74) is 0.547. The molecular formula is C30H36F5N3O4. The van der Waals surface area contributed by atoms with Crippen molar-refractivity contribution in [1.82, 2.24) is 14.7 Å². The van der Waals surface area contributed by atoms with Gasteiger partial charge in [0.2, 0.25) is 5.91 Å². The molecule has 12 heteroatoms. The first kappa shape index (κ1) is 31.7. The number of carbonyl (C=O) groups excluding carboxylic acids is 1. The lowest BCUT2D eigenvalue weighted by Crippen LogP contribution is -2.59. The van der Waals surface area contributed by atoms with Crippen LogP contribution >= 0.6 is 0 Å². The van der Waals surface area contributed by atoms with E-state index in [9.17, 15) is 36.6 Å². The fraction of sp³-hybridized carbons (Fsp3) is 0.533. The van der Waals surface area contributed by atoms with E-state index in [0.717, 1.165) is 18.2 Å². The van der Waals surface area contributed by atoms with E-state index in [2.05, 4.69) is 9.64 Å². The minimum atomic E-state index is -4.82. The average Bonchev–Trinajstić information content (AvgIpc) is 3.32. The summed E-state index contributed by atoms with van der Waals surface area (Å²) in [6.45, 7) is 9.51. The predicted octanol–water partition coefficient (Wildman–Crippen LogP) is 4.91. The Morgan fingerprint density at radius 1 is 1.00 bits per heavy atom. The fourth-order valence-electron chi connectivity index (χ4n) is 5.95. The number of alkyl halides is 3. The number of rotatable bonds is 7. The van der Waals surface area contributed by atoms with Gasteiger partial charge in [-0.3, -0.25) is 19.4 Å². The van der Waals surface area contributed by atoms with E-state index < -0.39 is 47.6 Å². The quantitative estimate of drug-likeness (QED) is 0.458. The predicted molar refractivity (Wildman–Crippen MR) is 145 cm³/mol. The second-order valence-corrected chi connectivity index (χ2v) is 12.1. The van der Waals surface area contributed by atoms with Gasteiger partial charge < -0.3 is 14.7 Å². The molecule has 4 rings (SSSR count). The minimum absolute atomic E-state index is 0.0530. The second-order valence-electron chi connectivity index (χ2n) is 12.1. The van der Waals surface area contributed by atoms with Crippen LogP contribution in [-0.2, 0) is 16.0 Å². The Morgan fingerprint density at radius 3 is 2.21 bits per heavy atom. The number of nitrogens with zero attached hydrogens (tertiary/aromatic N) is 3. The monoisotopic (exact) mass is 597 g/mol. The average molecular weight is 598 g/mol. The topological polar surface area (TPSA) is 73.3 Å². The third kappa shape index (κ3) is 7.38. The maximum atomic E-state index is 14.9. The SMILES string of the molecule is C[C@H]1CN([C@@H](Cc2ccc(OC(F)(F)F)cc2)C(=O)O)CCN1C(=O)[C@@H]1CN(C(C)(C)C)C[C@H]1c1ccc(F)cc1F. The third-order valence-corrected chi connectivity index (χ3v) is 8.20. The lowest BCUT2D eigenvalue weighted by Gasteiger charge is -2.43. The summed E-state index contributed by atoms with van der Waals surface area (Å²) in [5, 5.41) is 9.98. The number of halogens is 5. The van der Waals surface area contributed by atoms with Crippen molar-refractivity contribution in [2.75, 3.05) is 32.7 Å². The van der Waals surface area contributed by atoms with E-state index in [-0.39, 0.29) is 43.5 Å². The summed E-state index contributed by atoms with van der Waals surface area (Å²) in [6.07, 6.45) is -4.77. The maximum Gasteiger partial charge on any atom is 0.573 e. The Hall–Kier alpha value is -3.25. The Morgan fingerprint density at radius 2 is 1.67 bits per heavy atom. The summed E-state index contributed by atoms with van der Waals surface area (Å²) in [6, 6.07) is 7.22. The van der Waals surface area contributed by atoms with Gasteiger partial charge in [-0.2, -0.15) is 0 Å². The van der Waals surface area contributed by atoms with E-state index in [1.165, 1.54) is 24.3 Å². The molecule has 0 unspecified atom stereocenters. The highest BCUT2D eigenvalue weighted by molar-refractivity contribution is 5.81. The van der Waals surface area contributed by atoms with Crippen molar-refractivity contribution in [3.8, 4) is 5.75 Å². The zero-order chi connectivity index (χ0) is 31.0. The number of carbonyl (C=O) groups is 2. The van der Waals surface area contributed by atoms with Gasteiger partial charge in [0, 0.05) is 56.3 Å². The molecule has 0 saturated carbocycles. The Labute approximate surface area is 241 Å². The van der Waals surface area contributed by atoms with E-state index >= 15 is 0 Å². The molecule has 2 saturated heterocycles. The molecule has 2 aromatic rings. The van der Waals surface area contributed by atoms with Crippen molar-refractivity contribution < 1.29 is 41.4 Å². The summed E-state index contributed by atoms with van der Waals surface area (Å²) >= 11 is 0. The first-order valence-electron chi connectivity index (χ1n) is 13.9. The lowest BCUT2D eigenvalue weighted by molar-refractivity contribution is -0.274. The highest BCUT2D eigenvalue weighted by atomic mass is 19.4. The largest absolute Gasteiger partial charge is 0.573 e. The van der Waals surface area contributed by atoms with Gasteiger partial charge in [-0.1, -0.05) is 18.2 Å². The lowest BCUT2D eigenvalue weighted by atomic mass is 9.87. The molecule has 4 atom stereocenters. The number of likely N-dealkylation sites (tertiary alicyclic amines) is 1. The van der Waals surface area contributed by atoms with Crippen molar-refractivity contribution in [2.24, 2.45) is 5.92 Å². The fourth-order valence-corrected chi connectivity index (χ4v) is 5.95. The van der Waals surface area contributed by atoms with Crippen molar-refractivity contribution in [1.29, 1.82) is 0 Å². The van der Waals surface area contributed by atoms with Crippen LogP contribution in [0.3, 0.4) is 0 Å². The van der Waals surface area contributed by atoms with Crippen LogP contribution in [0.1, 0.15) is 44.7 Å².